The molecule has 0 N–H and O–H groups in total. The molecule has 11 heavy (non-hydrogen) atoms. The monoisotopic (exact) mass is 196 g/mol. The van der Waals surface area contributed by atoms with E-state index in [2.05, 4.69) is 12.6 Å². The highest BCUT2D eigenvalue weighted by molar-refractivity contribution is 7.80. The van der Waals surface area contributed by atoms with Crippen LogP contribution in [0.15, 0.2) is 0 Å². The van der Waals surface area contributed by atoms with Gasteiger partial charge in [-0.15, -0.1) is 0 Å². The molecule has 5 heteroatoms. The molecule has 1 unspecified atom stereocenters. The van der Waals surface area contributed by atoms with Gasteiger partial charge in [0.2, 0.25) is 0 Å². The van der Waals surface area contributed by atoms with Crippen LogP contribution in [0.2, 0.25) is 5.54 Å². The molecule has 68 valence electrons. The highest BCUT2D eigenvalue weighted by atomic mass is 32.1. The van der Waals surface area contributed by atoms with E-state index in [1.165, 1.54) is 0 Å². The van der Waals surface area contributed by atoms with Crippen LogP contribution in [0.1, 0.15) is 6.92 Å². The minimum Gasteiger partial charge on any atom is -0.377 e. The van der Waals surface area contributed by atoms with Crippen LogP contribution in [0.3, 0.4) is 0 Å². The van der Waals surface area contributed by atoms with E-state index in [-0.39, 0.29) is 5.54 Å². The first-order valence-corrected chi connectivity index (χ1v) is 5.86. The van der Waals surface area contributed by atoms with Crippen LogP contribution in [0.4, 0.5) is 0 Å². The molecule has 3 nitrogen and oxygen atoms in total. The molecule has 0 amide bonds. The molecule has 0 radical (unpaired) electrons. The van der Waals surface area contributed by atoms with Gasteiger partial charge < -0.3 is 13.3 Å². The Morgan fingerprint density at radius 2 is 1.55 bits per heavy atom. The van der Waals surface area contributed by atoms with Crippen molar-refractivity contribution in [2.75, 3.05) is 27.1 Å². The first-order valence-electron chi connectivity index (χ1n) is 3.43. The van der Waals surface area contributed by atoms with Gasteiger partial charge in [-0.05, 0) is 5.75 Å². The first-order chi connectivity index (χ1) is 5.16. The molecule has 0 aliphatic heterocycles. The summed E-state index contributed by atoms with van der Waals surface area (Å²) >= 11 is 4.17. The molecule has 0 aromatic heterocycles. The maximum atomic E-state index is 5.23. The predicted molar refractivity (Wildman–Crippen MR) is 50.1 cm³/mol. The summed E-state index contributed by atoms with van der Waals surface area (Å²) in [7, 11) is 2.43. The lowest BCUT2D eigenvalue weighted by molar-refractivity contribution is 0.116. The second kappa shape index (κ2) is 5.16. The fraction of sp³-hybridized carbons (Fsp3) is 1.00. The van der Waals surface area contributed by atoms with Gasteiger partial charge in [-0.2, -0.15) is 12.6 Å². The molecule has 0 aromatic carbocycles. The van der Waals surface area contributed by atoms with E-state index in [1.54, 1.807) is 21.3 Å². The number of hydrogen-bond acceptors (Lipinski definition) is 4. The van der Waals surface area contributed by atoms with E-state index in [4.69, 9.17) is 13.3 Å². The molecule has 1 atom stereocenters. The molecule has 0 saturated heterocycles. The Labute approximate surface area is 74.8 Å². The lowest BCUT2D eigenvalue weighted by Crippen LogP contribution is -2.47. The fourth-order valence-corrected chi connectivity index (χ4v) is 3.57. The summed E-state index contributed by atoms with van der Waals surface area (Å²) in [4.78, 5) is 0. The van der Waals surface area contributed by atoms with Gasteiger partial charge in [0.05, 0.1) is 0 Å². The average Bonchev–Trinajstić information content (AvgIpc) is 2.08. The molecule has 0 aliphatic carbocycles. The van der Waals surface area contributed by atoms with Crippen molar-refractivity contribution in [3.63, 3.8) is 0 Å². The van der Waals surface area contributed by atoms with Crippen molar-refractivity contribution in [3.05, 3.63) is 0 Å². The third-order valence-corrected chi connectivity index (χ3v) is 5.74. The molecule has 0 rings (SSSR count). The summed E-state index contributed by atoms with van der Waals surface area (Å²) in [5.41, 5.74) is 0.228. The van der Waals surface area contributed by atoms with Crippen LogP contribution in [0.5, 0.6) is 0 Å². The van der Waals surface area contributed by atoms with Gasteiger partial charge in [0.15, 0.2) is 0 Å². The average molecular weight is 196 g/mol. The summed E-state index contributed by atoms with van der Waals surface area (Å²) in [5, 5.41) is 0. The van der Waals surface area contributed by atoms with E-state index < -0.39 is 8.80 Å². The van der Waals surface area contributed by atoms with E-state index in [0.717, 1.165) is 0 Å². The van der Waals surface area contributed by atoms with Crippen LogP contribution in [-0.2, 0) is 13.3 Å². The van der Waals surface area contributed by atoms with Crippen molar-refractivity contribution in [2.24, 2.45) is 0 Å². The zero-order valence-electron chi connectivity index (χ0n) is 7.46. The highest BCUT2D eigenvalue weighted by Crippen LogP contribution is 2.23. The number of thiol groups is 1. The van der Waals surface area contributed by atoms with Crippen LogP contribution in [0.25, 0.3) is 0 Å². The maximum Gasteiger partial charge on any atom is 0.503 e. The second-order valence-electron chi connectivity index (χ2n) is 2.30. The summed E-state index contributed by atoms with van der Waals surface area (Å²) in [6.07, 6.45) is 0. The smallest absolute Gasteiger partial charge is 0.377 e. The topological polar surface area (TPSA) is 27.7 Å². The van der Waals surface area contributed by atoms with Crippen LogP contribution >= 0.6 is 12.6 Å². The van der Waals surface area contributed by atoms with Gasteiger partial charge in [0.25, 0.3) is 0 Å². The maximum absolute atomic E-state index is 5.23. The van der Waals surface area contributed by atoms with Crippen LogP contribution in [-0.4, -0.2) is 35.9 Å². The molecule has 0 fully saturated rings. The minimum absolute atomic E-state index is 0.228. The van der Waals surface area contributed by atoms with Gasteiger partial charge in [-0.1, -0.05) is 6.92 Å². The summed E-state index contributed by atoms with van der Waals surface area (Å²) in [5.74, 6) is 0.710. The van der Waals surface area contributed by atoms with E-state index >= 15 is 0 Å². The van der Waals surface area contributed by atoms with Crippen LogP contribution < -0.4 is 0 Å². The third-order valence-electron chi connectivity index (χ3n) is 1.73. The predicted octanol–water partition coefficient (Wildman–Crippen LogP) is 1.18. The van der Waals surface area contributed by atoms with Crippen molar-refractivity contribution in [3.8, 4) is 0 Å². The van der Waals surface area contributed by atoms with Gasteiger partial charge in [0, 0.05) is 26.9 Å². The highest BCUT2D eigenvalue weighted by Gasteiger charge is 2.43. The van der Waals surface area contributed by atoms with Crippen molar-refractivity contribution < 1.29 is 13.3 Å². The zero-order valence-corrected chi connectivity index (χ0v) is 9.35. The first kappa shape index (κ1) is 11.4. The van der Waals surface area contributed by atoms with Crippen molar-refractivity contribution in [2.45, 2.75) is 12.5 Å². The van der Waals surface area contributed by atoms with Crippen molar-refractivity contribution in [1.82, 2.24) is 0 Å². The van der Waals surface area contributed by atoms with Crippen molar-refractivity contribution >= 4 is 21.4 Å². The fourth-order valence-electron chi connectivity index (χ4n) is 0.965. The van der Waals surface area contributed by atoms with Crippen molar-refractivity contribution in [1.29, 1.82) is 0 Å². The lowest BCUT2D eigenvalue weighted by atomic mass is 10.6. The van der Waals surface area contributed by atoms with Crippen LogP contribution in [0, 0.1) is 0 Å². The summed E-state index contributed by atoms with van der Waals surface area (Å²) in [6.45, 7) is 2.01. The number of rotatable bonds is 5. The SMILES string of the molecule is CO[Si](OC)(OC)C(C)CS. The molecule has 0 bridgehead atoms. The molecule has 0 saturated carbocycles. The molecular weight excluding hydrogens is 180 g/mol. The Hall–Kier alpha value is 0.447. The summed E-state index contributed by atoms with van der Waals surface area (Å²) < 4.78 is 15.7. The molecular formula is C6H16O3SSi. The number of hydrogen-bond donors (Lipinski definition) is 1. The normalized spacial score (nSPS) is 15.0. The van der Waals surface area contributed by atoms with E-state index in [0.29, 0.717) is 5.75 Å². The van der Waals surface area contributed by atoms with Gasteiger partial charge in [-0.25, -0.2) is 0 Å². The van der Waals surface area contributed by atoms with E-state index in [1.807, 2.05) is 6.92 Å². The Morgan fingerprint density at radius 3 is 1.64 bits per heavy atom. The van der Waals surface area contributed by atoms with E-state index in [9.17, 15) is 0 Å². The molecule has 0 aromatic rings. The largest absolute Gasteiger partial charge is 0.503 e. The molecule has 0 spiro atoms. The quantitative estimate of drug-likeness (QED) is 0.529. The zero-order chi connectivity index (χ0) is 8.91. The van der Waals surface area contributed by atoms with Gasteiger partial charge in [-0.3, -0.25) is 0 Å². The Balaban J connectivity index is 4.26. The minimum atomic E-state index is -2.40. The Kier molecular flexibility index (Phi) is 5.37. The lowest BCUT2D eigenvalue weighted by Gasteiger charge is -2.28. The standard InChI is InChI=1S/C6H16O3SSi/c1-6(5-10)11(7-2,8-3)9-4/h6,10H,5H2,1-4H3. The Morgan fingerprint density at radius 1 is 1.18 bits per heavy atom. The third kappa shape index (κ3) is 2.45. The molecule has 0 aliphatic rings. The van der Waals surface area contributed by atoms with Gasteiger partial charge >= 0.3 is 8.80 Å². The second-order valence-corrected chi connectivity index (χ2v) is 6.08. The molecule has 0 heterocycles. The van der Waals surface area contributed by atoms with Gasteiger partial charge in [0.1, 0.15) is 0 Å². The summed E-state index contributed by atoms with van der Waals surface area (Å²) in [6, 6.07) is 0. The Bertz CT molecular complexity index is 99.7.